The Morgan fingerprint density at radius 2 is 1.70 bits per heavy atom. The van der Waals surface area contributed by atoms with Gasteiger partial charge in [0.2, 0.25) is 0 Å². The number of rotatable bonds is 8. The molecule has 1 atom stereocenters. The molecule has 0 bridgehead atoms. The first kappa shape index (κ1) is 22.3. The summed E-state index contributed by atoms with van der Waals surface area (Å²) in [5.74, 6) is 1.17. The van der Waals surface area contributed by atoms with Gasteiger partial charge < -0.3 is 9.64 Å². The van der Waals surface area contributed by atoms with Crippen LogP contribution in [0.3, 0.4) is 0 Å². The van der Waals surface area contributed by atoms with Crippen LogP contribution >= 0.6 is 0 Å². The van der Waals surface area contributed by atoms with Crippen LogP contribution < -0.4 is 4.74 Å². The van der Waals surface area contributed by atoms with E-state index in [1.54, 1.807) is 29.2 Å². The molecule has 1 fully saturated rings. The summed E-state index contributed by atoms with van der Waals surface area (Å²) < 4.78 is 29.8. The van der Waals surface area contributed by atoms with Gasteiger partial charge in [0.1, 0.15) is 5.75 Å². The number of aryl methyl sites for hydroxylation is 1. The zero-order valence-electron chi connectivity index (χ0n) is 18.0. The molecule has 2 aromatic rings. The maximum atomic E-state index is 13.3. The Labute approximate surface area is 180 Å². The fourth-order valence-electron chi connectivity index (χ4n) is 3.59. The molecule has 0 unspecified atom stereocenters. The van der Waals surface area contributed by atoms with Gasteiger partial charge in [-0.1, -0.05) is 45.0 Å². The molecule has 30 heavy (non-hydrogen) atoms. The van der Waals surface area contributed by atoms with Gasteiger partial charge in [0, 0.05) is 18.2 Å². The van der Waals surface area contributed by atoms with Crippen molar-refractivity contribution < 1.29 is 17.9 Å². The third-order valence-electron chi connectivity index (χ3n) is 5.38. The van der Waals surface area contributed by atoms with Crippen molar-refractivity contribution >= 4 is 15.7 Å². The first-order chi connectivity index (χ1) is 14.3. The molecule has 6 heteroatoms. The van der Waals surface area contributed by atoms with Crippen molar-refractivity contribution in [1.82, 2.24) is 4.90 Å². The summed E-state index contributed by atoms with van der Waals surface area (Å²) in [4.78, 5) is 15.1. The molecule has 0 N–H and O–H groups in total. The fourth-order valence-corrected chi connectivity index (χ4v) is 5.32. The van der Waals surface area contributed by atoms with Crippen LogP contribution in [-0.4, -0.2) is 43.4 Å². The molecule has 1 aliphatic heterocycles. The Balaban J connectivity index is 1.80. The second kappa shape index (κ2) is 9.65. The van der Waals surface area contributed by atoms with E-state index < -0.39 is 9.84 Å². The van der Waals surface area contributed by atoms with Crippen LogP contribution in [0.25, 0.3) is 0 Å². The first-order valence-corrected chi connectivity index (χ1v) is 12.4. The standard InChI is InChI=1S/C24H31NO4S/c1-4-19-5-7-20(8-6-19)15-25(22-13-14-30(27,28)17-22)24(26)21-9-11-23(12-10-21)29-16-18(2)3/h5-12,18,22H,4,13-17H2,1-3H3/t22-/m1/s1. The van der Waals surface area contributed by atoms with E-state index in [4.69, 9.17) is 4.74 Å². The summed E-state index contributed by atoms with van der Waals surface area (Å²) in [5, 5.41) is 0. The van der Waals surface area contributed by atoms with Crippen LogP contribution in [0.1, 0.15) is 48.7 Å². The molecule has 2 aromatic carbocycles. The predicted molar refractivity (Wildman–Crippen MR) is 120 cm³/mol. The van der Waals surface area contributed by atoms with Gasteiger partial charge in [-0.15, -0.1) is 0 Å². The molecule has 3 rings (SSSR count). The molecule has 0 spiro atoms. The highest BCUT2D eigenvalue weighted by Crippen LogP contribution is 2.24. The van der Waals surface area contributed by atoms with Gasteiger partial charge in [0.15, 0.2) is 9.84 Å². The second-order valence-corrected chi connectivity index (χ2v) is 10.6. The van der Waals surface area contributed by atoms with Gasteiger partial charge in [-0.25, -0.2) is 8.42 Å². The van der Waals surface area contributed by atoms with Crippen molar-refractivity contribution in [2.45, 2.75) is 46.2 Å². The molecule has 5 nitrogen and oxygen atoms in total. The molecule has 1 heterocycles. The van der Waals surface area contributed by atoms with Crippen LogP contribution in [0.15, 0.2) is 48.5 Å². The predicted octanol–water partition coefficient (Wildman–Crippen LogP) is 4.11. The average Bonchev–Trinajstić information content (AvgIpc) is 3.10. The summed E-state index contributed by atoms with van der Waals surface area (Å²) in [5.41, 5.74) is 2.78. The zero-order valence-corrected chi connectivity index (χ0v) is 18.8. The van der Waals surface area contributed by atoms with E-state index >= 15 is 0 Å². The van der Waals surface area contributed by atoms with Gasteiger partial charge in [-0.2, -0.15) is 0 Å². The minimum Gasteiger partial charge on any atom is -0.493 e. The Kier molecular flexibility index (Phi) is 7.19. The number of sulfone groups is 1. The number of ether oxygens (including phenoxy) is 1. The average molecular weight is 430 g/mol. The van der Waals surface area contributed by atoms with Crippen molar-refractivity contribution in [3.8, 4) is 5.75 Å². The molecular weight excluding hydrogens is 398 g/mol. The van der Waals surface area contributed by atoms with E-state index in [9.17, 15) is 13.2 Å². The summed E-state index contributed by atoms with van der Waals surface area (Å²) in [7, 11) is -3.10. The van der Waals surface area contributed by atoms with E-state index in [0.717, 1.165) is 17.7 Å². The topological polar surface area (TPSA) is 63.7 Å². The van der Waals surface area contributed by atoms with Crippen LogP contribution in [0.5, 0.6) is 5.75 Å². The number of carbonyl (C=O) groups is 1. The van der Waals surface area contributed by atoms with Gasteiger partial charge in [-0.05, 0) is 54.2 Å². The van der Waals surface area contributed by atoms with E-state index in [1.165, 1.54) is 5.56 Å². The molecule has 162 valence electrons. The van der Waals surface area contributed by atoms with E-state index in [2.05, 4.69) is 32.9 Å². The van der Waals surface area contributed by atoms with Crippen molar-refractivity contribution in [2.75, 3.05) is 18.1 Å². The maximum Gasteiger partial charge on any atom is 0.254 e. The van der Waals surface area contributed by atoms with Crippen molar-refractivity contribution in [3.63, 3.8) is 0 Å². The highest BCUT2D eigenvalue weighted by Gasteiger charge is 2.35. The molecule has 0 aromatic heterocycles. The molecule has 0 radical (unpaired) electrons. The van der Waals surface area contributed by atoms with Crippen molar-refractivity contribution in [3.05, 3.63) is 65.2 Å². The van der Waals surface area contributed by atoms with Crippen LogP contribution in [-0.2, 0) is 22.8 Å². The van der Waals surface area contributed by atoms with Crippen molar-refractivity contribution in [2.24, 2.45) is 5.92 Å². The van der Waals surface area contributed by atoms with Gasteiger partial charge >= 0.3 is 0 Å². The largest absolute Gasteiger partial charge is 0.493 e. The lowest BCUT2D eigenvalue weighted by molar-refractivity contribution is 0.0681. The molecule has 0 aliphatic carbocycles. The Hall–Kier alpha value is -2.34. The lowest BCUT2D eigenvalue weighted by Gasteiger charge is -2.28. The fraction of sp³-hybridized carbons (Fsp3) is 0.458. The second-order valence-electron chi connectivity index (χ2n) is 8.39. The molecule has 0 saturated carbocycles. The van der Waals surface area contributed by atoms with Gasteiger partial charge in [-0.3, -0.25) is 4.79 Å². The summed E-state index contributed by atoms with van der Waals surface area (Å²) in [6.07, 6.45) is 1.44. The van der Waals surface area contributed by atoms with Crippen molar-refractivity contribution in [1.29, 1.82) is 0 Å². The lowest BCUT2D eigenvalue weighted by Crippen LogP contribution is -2.40. The highest BCUT2D eigenvalue weighted by atomic mass is 32.2. The smallest absolute Gasteiger partial charge is 0.254 e. The molecule has 1 aliphatic rings. The maximum absolute atomic E-state index is 13.3. The SMILES string of the molecule is CCc1ccc(CN(C(=O)c2ccc(OCC(C)C)cc2)[C@@H]2CCS(=O)(=O)C2)cc1. The minimum atomic E-state index is -3.10. The third-order valence-corrected chi connectivity index (χ3v) is 7.13. The molecule has 1 saturated heterocycles. The normalized spacial score (nSPS) is 17.8. The first-order valence-electron chi connectivity index (χ1n) is 10.6. The lowest BCUT2D eigenvalue weighted by atomic mass is 10.1. The zero-order chi connectivity index (χ0) is 21.7. The summed E-state index contributed by atoms with van der Waals surface area (Å²) >= 11 is 0. The Morgan fingerprint density at radius 3 is 2.23 bits per heavy atom. The van der Waals surface area contributed by atoms with E-state index in [-0.39, 0.29) is 23.5 Å². The number of benzene rings is 2. The number of carbonyl (C=O) groups excluding carboxylic acids is 1. The van der Waals surface area contributed by atoms with Gasteiger partial charge in [0.25, 0.3) is 5.91 Å². The minimum absolute atomic E-state index is 0.0291. The van der Waals surface area contributed by atoms with Crippen LogP contribution in [0, 0.1) is 5.92 Å². The third kappa shape index (κ3) is 5.85. The monoisotopic (exact) mass is 429 g/mol. The molecule has 1 amide bonds. The Morgan fingerprint density at radius 1 is 1.07 bits per heavy atom. The highest BCUT2D eigenvalue weighted by molar-refractivity contribution is 7.91. The van der Waals surface area contributed by atoms with E-state index in [1.807, 2.05) is 12.1 Å². The number of amides is 1. The van der Waals surface area contributed by atoms with Crippen LogP contribution in [0.2, 0.25) is 0 Å². The Bertz CT molecular complexity index is 950. The number of hydrogen-bond donors (Lipinski definition) is 0. The quantitative estimate of drug-likeness (QED) is 0.633. The number of nitrogens with zero attached hydrogens (tertiary/aromatic N) is 1. The summed E-state index contributed by atoms with van der Waals surface area (Å²) in [6.45, 7) is 7.28. The summed E-state index contributed by atoms with van der Waals surface area (Å²) in [6, 6.07) is 15.0. The number of hydrogen-bond acceptors (Lipinski definition) is 4. The molecular formula is C24H31NO4S. The van der Waals surface area contributed by atoms with Gasteiger partial charge in [0.05, 0.1) is 18.1 Å². The van der Waals surface area contributed by atoms with Crippen LogP contribution in [0.4, 0.5) is 0 Å². The van der Waals surface area contributed by atoms with E-state index in [0.29, 0.717) is 31.1 Å².